The number of nitrogens with zero attached hydrogens (tertiary/aromatic N) is 4. The Morgan fingerprint density at radius 3 is 2.71 bits per heavy atom. The van der Waals surface area contributed by atoms with Crippen molar-refractivity contribution in [1.29, 1.82) is 0 Å². The lowest BCUT2D eigenvalue weighted by Gasteiger charge is -2.14. The van der Waals surface area contributed by atoms with Gasteiger partial charge in [-0.1, -0.05) is 35.5 Å². The second-order valence-corrected chi connectivity index (χ2v) is 4.62. The third-order valence-corrected chi connectivity index (χ3v) is 2.99. The van der Waals surface area contributed by atoms with E-state index in [0.717, 1.165) is 12.1 Å². The van der Waals surface area contributed by atoms with Gasteiger partial charge in [0.15, 0.2) is 5.69 Å². The van der Waals surface area contributed by atoms with Gasteiger partial charge >= 0.3 is 0 Å². The Morgan fingerprint density at radius 1 is 1.33 bits per heavy atom. The summed E-state index contributed by atoms with van der Waals surface area (Å²) in [4.78, 5) is 13.7. The number of amides is 1. The number of nitrogens with one attached hydrogen (secondary N) is 1. The number of aromatic nitrogens is 3. The molecule has 0 unspecified atom stereocenters. The van der Waals surface area contributed by atoms with E-state index in [-0.39, 0.29) is 18.3 Å². The molecule has 2 aromatic rings. The number of likely N-dealkylation sites (N-methyl/N-ethyl adjacent to an activating group) is 2. The van der Waals surface area contributed by atoms with Gasteiger partial charge in [0.1, 0.15) is 0 Å². The van der Waals surface area contributed by atoms with E-state index in [1.807, 2.05) is 37.4 Å². The average molecular weight is 310 g/mol. The molecule has 0 atom stereocenters. The van der Waals surface area contributed by atoms with Crippen LogP contribution in [0.3, 0.4) is 0 Å². The Labute approximate surface area is 130 Å². The highest BCUT2D eigenvalue weighted by Crippen LogP contribution is 2.03. The number of carbonyl (C=O) groups excluding carboxylic acids is 1. The Bertz CT molecular complexity index is 558. The van der Waals surface area contributed by atoms with Crippen LogP contribution < -0.4 is 5.32 Å². The summed E-state index contributed by atoms with van der Waals surface area (Å²) in [6.07, 6.45) is 1.69. The molecule has 0 saturated heterocycles. The molecule has 0 saturated carbocycles. The second-order valence-electron chi connectivity index (χ2n) is 4.62. The minimum absolute atomic E-state index is 0. The fraction of sp³-hybridized carbons (Fsp3) is 0.357. The molecule has 7 heteroatoms. The van der Waals surface area contributed by atoms with E-state index in [1.165, 1.54) is 0 Å². The van der Waals surface area contributed by atoms with Crippen molar-refractivity contribution in [2.75, 3.05) is 27.2 Å². The fourth-order valence-electron chi connectivity index (χ4n) is 1.82. The minimum atomic E-state index is -0.112. The summed E-state index contributed by atoms with van der Waals surface area (Å²) in [5.41, 5.74) is 1.50. The summed E-state index contributed by atoms with van der Waals surface area (Å²) >= 11 is 0. The van der Waals surface area contributed by atoms with E-state index in [2.05, 4.69) is 15.6 Å². The summed E-state index contributed by atoms with van der Waals surface area (Å²) < 4.78 is 1.68. The van der Waals surface area contributed by atoms with Gasteiger partial charge in [0.05, 0.1) is 12.7 Å². The Balaban J connectivity index is 0.00000220. The maximum Gasteiger partial charge on any atom is 0.275 e. The molecule has 0 aliphatic heterocycles. The monoisotopic (exact) mass is 309 g/mol. The minimum Gasteiger partial charge on any atom is -0.339 e. The van der Waals surface area contributed by atoms with E-state index < -0.39 is 0 Å². The van der Waals surface area contributed by atoms with Crippen LogP contribution in [0, 0.1) is 0 Å². The van der Waals surface area contributed by atoms with Crippen LogP contribution in [-0.2, 0) is 6.54 Å². The summed E-state index contributed by atoms with van der Waals surface area (Å²) in [6.45, 7) is 2.00. The largest absolute Gasteiger partial charge is 0.339 e. The second kappa shape index (κ2) is 8.39. The fourth-order valence-corrected chi connectivity index (χ4v) is 1.82. The number of hydrogen-bond acceptors (Lipinski definition) is 4. The standard InChI is InChI=1S/C14H19N5O.ClH/c1-15-8-9-18(2)14(20)13-11-19(17-16-13)10-12-6-4-3-5-7-12;/h3-7,11,15H,8-10H2,1-2H3;1H. The first-order valence-electron chi connectivity index (χ1n) is 6.55. The van der Waals surface area contributed by atoms with Crippen LogP contribution in [0.15, 0.2) is 36.5 Å². The summed E-state index contributed by atoms with van der Waals surface area (Å²) in [5, 5.41) is 10.9. The normalized spacial score (nSPS) is 10.0. The molecule has 1 aromatic heterocycles. The van der Waals surface area contributed by atoms with Crippen LogP contribution in [0.25, 0.3) is 0 Å². The molecule has 0 spiro atoms. The van der Waals surface area contributed by atoms with Gasteiger partial charge in [0.2, 0.25) is 0 Å². The van der Waals surface area contributed by atoms with Crippen LogP contribution in [-0.4, -0.2) is 53.0 Å². The number of hydrogen-bond donors (Lipinski definition) is 1. The molecular formula is C14H20ClN5O. The SMILES string of the molecule is CNCCN(C)C(=O)c1cn(Cc2ccccc2)nn1.Cl. The molecule has 6 nitrogen and oxygen atoms in total. The Kier molecular flexibility index (Phi) is 6.84. The molecule has 0 aliphatic carbocycles. The molecule has 0 radical (unpaired) electrons. The highest BCUT2D eigenvalue weighted by Gasteiger charge is 2.15. The van der Waals surface area contributed by atoms with E-state index in [4.69, 9.17) is 0 Å². The predicted octanol–water partition coefficient (Wildman–Crippen LogP) is 1.04. The predicted molar refractivity (Wildman–Crippen MR) is 83.7 cm³/mol. The van der Waals surface area contributed by atoms with Crippen molar-refractivity contribution >= 4 is 18.3 Å². The van der Waals surface area contributed by atoms with Gasteiger partial charge in [-0.25, -0.2) is 4.68 Å². The van der Waals surface area contributed by atoms with Crippen LogP contribution >= 0.6 is 12.4 Å². The molecule has 0 fully saturated rings. The van der Waals surface area contributed by atoms with Gasteiger partial charge < -0.3 is 10.2 Å². The quantitative estimate of drug-likeness (QED) is 0.866. The summed E-state index contributed by atoms with van der Waals surface area (Å²) in [7, 11) is 3.62. The average Bonchev–Trinajstić information content (AvgIpc) is 2.93. The zero-order valence-corrected chi connectivity index (χ0v) is 13.0. The third kappa shape index (κ3) is 4.84. The molecule has 21 heavy (non-hydrogen) atoms. The Morgan fingerprint density at radius 2 is 2.05 bits per heavy atom. The molecule has 0 bridgehead atoms. The molecule has 114 valence electrons. The maximum absolute atomic E-state index is 12.1. The lowest BCUT2D eigenvalue weighted by molar-refractivity contribution is 0.0791. The van der Waals surface area contributed by atoms with Gasteiger partial charge in [-0.3, -0.25) is 4.79 Å². The molecule has 2 rings (SSSR count). The highest BCUT2D eigenvalue weighted by molar-refractivity contribution is 5.91. The first-order chi connectivity index (χ1) is 9.70. The molecule has 0 aliphatic rings. The van der Waals surface area contributed by atoms with Gasteiger partial charge in [0.25, 0.3) is 5.91 Å². The molecule has 1 aromatic carbocycles. The highest BCUT2D eigenvalue weighted by atomic mass is 35.5. The summed E-state index contributed by atoms with van der Waals surface area (Å²) in [5.74, 6) is -0.112. The molecule has 1 N–H and O–H groups in total. The van der Waals surface area contributed by atoms with E-state index >= 15 is 0 Å². The van der Waals surface area contributed by atoms with E-state index in [9.17, 15) is 4.79 Å². The van der Waals surface area contributed by atoms with E-state index in [0.29, 0.717) is 18.8 Å². The molecular weight excluding hydrogens is 290 g/mol. The van der Waals surface area contributed by atoms with Crippen molar-refractivity contribution in [1.82, 2.24) is 25.2 Å². The molecule has 1 heterocycles. The van der Waals surface area contributed by atoms with Gasteiger partial charge in [-0.2, -0.15) is 0 Å². The van der Waals surface area contributed by atoms with Crippen LogP contribution in [0.1, 0.15) is 16.1 Å². The van der Waals surface area contributed by atoms with Gasteiger partial charge in [-0.15, -0.1) is 17.5 Å². The zero-order valence-electron chi connectivity index (χ0n) is 12.2. The maximum atomic E-state index is 12.1. The van der Waals surface area contributed by atoms with Crippen molar-refractivity contribution < 1.29 is 4.79 Å². The topological polar surface area (TPSA) is 63.1 Å². The number of rotatable bonds is 6. The smallest absolute Gasteiger partial charge is 0.275 e. The van der Waals surface area contributed by atoms with Crippen molar-refractivity contribution in [2.45, 2.75) is 6.54 Å². The lowest BCUT2D eigenvalue weighted by Crippen LogP contribution is -2.33. The first-order valence-corrected chi connectivity index (χ1v) is 6.55. The van der Waals surface area contributed by atoms with Crippen molar-refractivity contribution in [3.05, 3.63) is 47.8 Å². The van der Waals surface area contributed by atoms with Crippen molar-refractivity contribution in [3.8, 4) is 0 Å². The van der Waals surface area contributed by atoms with E-state index in [1.54, 1.807) is 22.8 Å². The van der Waals surface area contributed by atoms with Crippen molar-refractivity contribution in [2.24, 2.45) is 0 Å². The summed E-state index contributed by atoms with van der Waals surface area (Å²) in [6, 6.07) is 9.95. The van der Waals surface area contributed by atoms with Crippen LogP contribution in [0.4, 0.5) is 0 Å². The first kappa shape index (κ1) is 17.1. The third-order valence-electron chi connectivity index (χ3n) is 2.99. The molecule has 1 amide bonds. The van der Waals surface area contributed by atoms with Crippen LogP contribution in [0.5, 0.6) is 0 Å². The lowest BCUT2D eigenvalue weighted by atomic mass is 10.2. The number of benzene rings is 1. The van der Waals surface area contributed by atoms with Gasteiger partial charge in [-0.05, 0) is 12.6 Å². The number of carbonyl (C=O) groups is 1. The van der Waals surface area contributed by atoms with Crippen molar-refractivity contribution in [3.63, 3.8) is 0 Å². The van der Waals surface area contributed by atoms with Crippen LogP contribution in [0.2, 0.25) is 0 Å². The Hall–Kier alpha value is -1.92. The van der Waals surface area contributed by atoms with Gasteiger partial charge in [0, 0.05) is 20.1 Å². The number of halogens is 1. The zero-order chi connectivity index (χ0) is 14.4.